The van der Waals surface area contributed by atoms with Gasteiger partial charge in [-0.15, -0.1) is 0 Å². The van der Waals surface area contributed by atoms with Crippen LogP contribution in [0.15, 0.2) is 24.3 Å². The molecule has 0 aliphatic heterocycles. The molecule has 0 saturated carbocycles. The molecule has 0 bridgehead atoms. The van der Waals surface area contributed by atoms with Gasteiger partial charge in [-0.2, -0.15) is 0 Å². The van der Waals surface area contributed by atoms with Gasteiger partial charge in [0.25, 0.3) is 0 Å². The zero-order chi connectivity index (χ0) is 37.7. The lowest BCUT2D eigenvalue weighted by atomic mass is 10.1. The highest BCUT2D eigenvalue weighted by molar-refractivity contribution is 7.47. The Kier molecular flexibility index (Phi) is 35.7. The van der Waals surface area contributed by atoms with E-state index in [2.05, 4.69) is 38.2 Å². The quantitative estimate of drug-likeness (QED) is 0.0240. The predicted molar refractivity (Wildman–Crippen MR) is 208 cm³/mol. The molecule has 0 fully saturated rings. The molecule has 0 rings (SSSR count). The van der Waals surface area contributed by atoms with Crippen LogP contribution in [0.3, 0.4) is 0 Å². The van der Waals surface area contributed by atoms with E-state index in [4.69, 9.17) is 29.4 Å². The summed E-state index contributed by atoms with van der Waals surface area (Å²) in [6, 6.07) is -1.47. The molecule has 3 atom stereocenters. The third kappa shape index (κ3) is 36.6. The average molecular weight is 746 g/mol. The molecule has 3 unspecified atom stereocenters. The van der Waals surface area contributed by atoms with Crippen LogP contribution >= 0.6 is 7.82 Å². The number of aliphatic carboxylic acids is 1. The van der Waals surface area contributed by atoms with E-state index in [9.17, 15) is 19.0 Å². The Morgan fingerprint density at radius 1 is 0.608 bits per heavy atom. The Morgan fingerprint density at radius 3 is 1.53 bits per heavy atom. The van der Waals surface area contributed by atoms with Crippen LogP contribution in [0, 0.1) is 0 Å². The van der Waals surface area contributed by atoms with Crippen LogP contribution in [0.2, 0.25) is 0 Å². The Hall–Kier alpha value is -1.55. The summed E-state index contributed by atoms with van der Waals surface area (Å²) in [5, 5.41) is 8.87. The maximum Gasteiger partial charge on any atom is 0.472 e. The van der Waals surface area contributed by atoms with E-state index in [1.54, 1.807) is 0 Å². The van der Waals surface area contributed by atoms with Crippen LogP contribution in [0.1, 0.15) is 181 Å². The lowest BCUT2D eigenvalue weighted by molar-refractivity contribution is -0.154. The lowest BCUT2D eigenvalue weighted by Gasteiger charge is -2.20. The first-order valence-electron chi connectivity index (χ1n) is 20.4. The lowest BCUT2D eigenvalue weighted by Crippen LogP contribution is -2.34. The van der Waals surface area contributed by atoms with Crippen LogP contribution in [0.5, 0.6) is 0 Å². The molecule has 0 aliphatic rings. The molecule has 0 spiro atoms. The Balaban J connectivity index is 4.26. The largest absolute Gasteiger partial charge is 0.480 e. The molecule has 0 heterocycles. The third-order valence-electron chi connectivity index (χ3n) is 8.70. The first-order valence-corrected chi connectivity index (χ1v) is 21.9. The molecule has 0 radical (unpaired) electrons. The predicted octanol–water partition coefficient (Wildman–Crippen LogP) is 10.8. The molecule has 0 aromatic carbocycles. The van der Waals surface area contributed by atoms with Gasteiger partial charge in [-0.25, -0.2) is 4.57 Å². The van der Waals surface area contributed by atoms with Crippen molar-refractivity contribution in [1.29, 1.82) is 0 Å². The minimum atomic E-state index is -4.61. The molecular weight excluding hydrogens is 669 g/mol. The van der Waals surface area contributed by atoms with Gasteiger partial charge >= 0.3 is 19.8 Å². The van der Waals surface area contributed by atoms with Crippen LogP contribution < -0.4 is 5.73 Å². The van der Waals surface area contributed by atoms with Crippen LogP contribution in [-0.4, -0.2) is 60.5 Å². The molecule has 0 aliphatic carbocycles. The summed E-state index contributed by atoms with van der Waals surface area (Å²) in [5.74, 6) is -1.79. The molecule has 0 aromatic heterocycles. The van der Waals surface area contributed by atoms with Crippen molar-refractivity contribution in [1.82, 2.24) is 0 Å². The minimum Gasteiger partial charge on any atom is -0.480 e. The summed E-state index contributed by atoms with van der Waals surface area (Å²) >= 11 is 0. The fraction of sp³-hybridized carbons (Fsp3) is 0.850. The molecule has 0 aromatic rings. The van der Waals surface area contributed by atoms with Gasteiger partial charge < -0.3 is 25.2 Å². The molecule has 0 amide bonds. The summed E-state index contributed by atoms with van der Waals surface area (Å²) in [6.07, 6.45) is 38.0. The normalized spacial score (nSPS) is 14.3. The first-order chi connectivity index (χ1) is 24.7. The molecular formula is C40H76NO9P. The smallest absolute Gasteiger partial charge is 0.472 e. The van der Waals surface area contributed by atoms with Gasteiger partial charge in [0, 0.05) is 13.0 Å². The van der Waals surface area contributed by atoms with Crippen molar-refractivity contribution >= 4 is 19.8 Å². The summed E-state index contributed by atoms with van der Waals surface area (Å²) in [6.45, 7) is 3.83. The molecule has 0 saturated heterocycles. The number of nitrogens with two attached hydrogens (primary N) is 1. The Labute approximate surface area is 311 Å². The van der Waals surface area contributed by atoms with E-state index in [-0.39, 0.29) is 13.0 Å². The number of carbonyl (C=O) groups is 2. The van der Waals surface area contributed by atoms with Crippen molar-refractivity contribution in [2.24, 2.45) is 5.73 Å². The van der Waals surface area contributed by atoms with E-state index in [1.165, 1.54) is 89.9 Å². The van der Waals surface area contributed by atoms with Gasteiger partial charge in [0.15, 0.2) is 0 Å². The zero-order valence-electron chi connectivity index (χ0n) is 32.5. The van der Waals surface area contributed by atoms with E-state index in [0.29, 0.717) is 13.0 Å². The van der Waals surface area contributed by atoms with E-state index < -0.39 is 45.1 Å². The number of ether oxygens (including phenoxy) is 2. The van der Waals surface area contributed by atoms with Crippen molar-refractivity contribution in [2.45, 2.75) is 193 Å². The zero-order valence-corrected chi connectivity index (χ0v) is 33.3. The Morgan fingerprint density at radius 2 is 1.02 bits per heavy atom. The van der Waals surface area contributed by atoms with Gasteiger partial charge in [0.2, 0.25) is 0 Å². The van der Waals surface area contributed by atoms with Gasteiger partial charge in [-0.05, 0) is 64.2 Å². The Bertz CT molecular complexity index is 914. The number of unbranched alkanes of at least 4 members (excludes halogenated alkanes) is 21. The standard InChI is InChI=1S/C40H76NO9P/c1-3-5-7-9-11-13-15-17-18-19-20-21-23-25-27-29-31-33-47-34-37(35-48-51(45,46)49-36-38(41)40(43)44)50-39(42)32-30-28-26-24-22-16-14-12-10-8-6-4-2/h12,14,18-19,37-38H,3-11,13,15-17,20-36,41H2,1-2H3,(H,43,44)(H,45,46)/b14-12-,19-18-. The number of carbonyl (C=O) groups excluding carboxylic acids is 1. The number of hydrogen-bond donors (Lipinski definition) is 3. The molecule has 300 valence electrons. The number of carboxylic acid groups (broad SMARTS) is 1. The summed E-state index contributed by atoms with van der Waals surface area (Å²) in [7, 11) is -4.61. The first kappa shape index (κ1) is 49.5. The van der Waals surface area contributed by atoms with E-state index in [0.717, 1.165) is 64.2 Å². The second-order valence-corrected chi connectivity index (χ2v) is 15.2. The number of phosphoric acid groups is 1. The van der Waals surface area contributed by atoms with Gasteiger partial charge in [-0.1, -0.05) is 134 Å². The number of rotatable bonds is 39. The number of carboxylic acids is 1. The minimum absolute atomic E-state index is 0.0114. The molecule has 4 N–H and O–H groups in total. The maximum absolute atomic E-state index is 12.6. The SMILES string of the molecule is CCCCC/C=C\CCCCCCCC(=O)OC(COCCCCCCCC/C=C\CCCCCCCCC)COP(=O)(O)OCC(N)C(=O)O. The summed E-state index contributed by atoms with van der Waals surface area (Å²) in [5.41, 5.74) is 5.34. The second-order valence-electron chi connectivity index (χ2n) is 13.8. The highest BCUT2D eigenvalue weighted by Crippen LogP contribution is 2.43. The summed E-state index contributed by atoms with van der Waals surface area (Å²) < 4.78 is 33.2. The van der Waals surface area contributed by atoms with Crippen molar-refractivity contribution in [3.8, 4) is 0 Å². The highest BCUT2D eigenvalue weighted by atomic mass is 31.2. The average Bonchev–Trinajstić information content (AvgIpc) is 3.10. The number of hydrogen-bond acceptors (Lipinski definition) is 8. The van der Waals surface area contributed by atoms with Crippen molar-refractivity contribution < 1.29 is 42.7 Å². The monoisotopic (exact) mass is 746 g/mol. The van der Waals surface area contributed by atoms with E-state index in [1.807, 2.05) is 0 Å². The maximum atomic E-state index is 12.6. The van der Waals surface area contributed by atoms with Crippen LogP contribution in [0.4, 0.5) is 0 Å². The molecule has 51 heavy (non-hydrogen) atoms. The van der Waals surface area contributed by atoms with E-state index >= 15 is 0 Å². The highest BCUT2D eigenvalue weighted by Gasteiger charge is 2.27. The van der Waals surface area contributed by atoms with Gasteiger partial charge in [-0.3, -0.25) is 18.6 Å². The van der Waals surface area contributed by atoms with Crippen LogP contribution in [-0.2, 0) is 32.7 Å². The fourth-order valence-electron chi connectivity index (χ4n) is 5.47. The number of allylic oxidation sites excluding steroid dienone is 4. The summed E-state index contributed by atoms with van der Waals surface area (Å²) in [4.78, 5) is 33.4. The molecule has 10 nitrogen and oxygen atoms in total. The number of phosphoric ester groups is 1. The molecule has 11 heteroatoms. The van der Waals surface area contributed by atoms with Gasteiger partial charge in [0.05, 0.1) is 19.8 Å². The topological polar surface area (TPSA) is 155 Å². The van der Waals surface area contributed by atoms with Crippen molar-refractivity contribution in [3.05, 3.63) is 24.3 Å². The second kappa shape index (κ2) is 36.8. The number of esters is 1. The van der Waals surface area contributed by atoms with Crippen molar-refractivity contribution in [3.63, 3.8) is 0 Å². The van der Waals surface area contributed by atoms with Crippen LogP contribution in [0.25, 0.3) is 0 Å². The van der Waals surface area contributed by atoms with Crippen molar-refractivity contribution in [2.75, 3.05) is 26.4 Å². The third-order valence-corrected chi connectivity index (χ3v) is 9.65. The van der Waals surface area contributed by atoms with Gasteiger partial charge in [0.1, 0.15) is 12.1 Å². The fourth-order valence-corrected chi connectivity index (χ4v) is 6.25.